The summed E-state index contributed by atoms with van der Waals surface area (Å²) in [7, 11) is 0. The lowest BCUT2D eigenvalue weighted by atomic mass is 10.2. The van der Waals surface area contributed by atoms with Crippen molar-refractivity contribution in [2.24, 2.45) is 0 Å². The Morgan fingerprint density at radius 1 is 0.971 bits per heavy atom. The Kier molecular flexibility index (Phi) is 7.35. The van der Waals surface area contributed by atoms with Crippen LogP contribution >= 0.6 is 11.8 Å². The van der Waals surface area contributed by atoms with Crippen LogP contribution in [0.1, 0.15) is 23.0 Å². The van der Waals surface area contributed by atoms with Crippen LogP contribution in [0.2, 0.25) is 0 Å². The molecule has 3 heterocycles. The number of nitrogens with one attached hydrogen (secondary N) is 1. The molecule has 1 saturated heterocycles. The van der Waals surface area contributed by atoms with E-state index >= 15 is 0 Å². The number of hydrogen-bond acceptors (Lipinski definition) is 5. The minimum absolute atomic E-state index is 0.0159. The van der Waals surface area contributed by atoms with Gasteiger partial charge in [0.2, 0.25) is 0 Å². The Morgan fingerprint density at radius 2 is 1.71 bits per heavy atom. The zero-order valence-corrected chi connectivity index (χ0v) is 20.8. The summed E-state index contributed by atoms with van der Waals surface area (Å²) >= 11 is 1.65. The van der Waals surface area contributed by atoms with Crippen LogP contribution in [0.3, 0.4) is 0 Å². The Balaban J connectivity index is 1.14. The highest BCUT2D eigenvalue weighted by molar-refractivity contribution is 7.98. The monoisotopic (exact) mass is 485 g/mol. The highest BCUT2D eigenvalue weighted by Gasteiger charge is 2.22. The maximum Gasteiger partial charge on any atom is 0.252 e. The quantitative estimate of drug-likeness (QED) is 0.371. The third-order valence-corrected chi connectivity index (χ3v) is 7.65. The molecule has 7 heteroatoms. The molecular weight excluding hydrogens is 454 g/mol. The molecule has 1 fully saturated rings. The van der Waals surface area contributed by atoms with Crippen molar-refractivity contribution in [3.8, 4) is 0 Å². The molecule has 35 heavy (non-hydrogen) atoms. The zero-order valence-electron chi connectivity index (χ0n) is 20.0. The molecule has 180 valence electrons. The van der Waals surface area contributed by atoms with Crippen molar-refractivity contribution in [1.29, 1.82) is 0 Å². The number of rotatable bonds is 8. The van der Waals surface area contributed by atoms with E-state index in [1.807, 2.05) is 59.3 Å². The van der Waals surface area contributed by atoms with Crippen LogP contribution in [0.4, 0.5) is 5.69 Å². The normalized spacial score (nSPS) is 15.3. The fourth-order valence-electron chi connectivity index (χ4n) is 4.51. The molecule has 0 radical (unpaired) electrons. The van der Waals surface area contributed by atoms with Crippen LogP contribution in [0.25, 0.3) is 5.65 Å². The van der Waals surface area contributed by atoms with Gasteiger partial charge in [0.1, 0.15) is 5.65 Å². The SMILES string of the molecule is CC(CNC(=O)c1ccccc1SCc1cn2ccccc2n1)N1CCN(c2ccccc2)CC1. The maximum atomic E-state index is 13.1. The summed E-state index contributed by atoms with van der Waals surface area (Å²) in [5.74, 6) is 0.700. The van der Waals surface area contributed by atoms with Crippen LogP contribution in [-0.4, -0.2) is 59.0 Å². The number of hydrogen-bond donors (Lipinski definition) is 1. The number of para-hydroxylation sites is 1. The number of piperazine rings is 1. The van der Waals surface area contributed by atoms with Gasteiger partial charge in [-0.15, -0.1) is 11.8 Å². The fraction of sp³-hybridized carbons (Fsp3) is 0.286. The fourth-order valence-corrected chi connectivity index (χ4v) is 5.45. The van der Waals surface area contributed by atoms with E-state index in [-0.39, 0.29) is 11.9 Å². The van der Waals surface area contributed by atoms with Gasteiger partial charge in [0, 0.05) is 67.5 Å². The van der Waals surface area contributed by atoms with Crippen LogP contribution in [0.15, 0.2) is 90.1 Å². The van der Waals surface area contributed by atoms with Gasteiger partial charge in [0.15, 0.2) is 0 Å². The number of pyridine rings is 1. The number of amides is 1. The Bertz CT molecular complexity index is 1230. The number of carbonyl (C=O) groups excluding carboxylic acids is 1. The van der Waals surface area contributed by atoms with Crippen LogP contribution < -0.4 is 10.2 Å². The number of fused-ring (bicyclic) bond motifs is 1. The third kappa shape index (κ3) is 5.69. The summed E-state index contributed by atoms with van der Waals surface area (Å²) in [6, 6.07) is 24.7. The van der Waals surface area contributed by atoms with Crippen molar-refractivity contribution >= 4 is 29.0 Å². The second-order valence-electron chi connectivity index (χ2n) is 8.90. The van der Waals surface area contributed by atoms with Gasteiger partial charge < -0.3 is 14.6 Å². The molecule has 1 N–H and O–H groups in total. The smallest absolute Gasteiger partial charge is 0.252 e. The molecule has 5 rings (SSSR count). The first-order chi connectivity index (χ1) is 17.2. The molecule has 0 spiro atoms. The van der Waals surface area contributed by atoms with E-state index in [9.17, 15) is 4.79 Å². The summed E-state index contributed by atoms with van der Waals surface area (Å²) in [6.07, 6.45) is 4.05. The standard InChI is InChI=1S/C28H31N5OS/c1-22(31-15-17-32(18-16-31)24-9-3-2-4-10-24)19-29-28(34)25-11-5-6-12-26(25)35-21-23-20-33-14-8-7-13-27(33)30-23/h2-14,20,22H,15-19,21H2,1H3,(H,29,34). The highest BCUT2D eigenvalue weighted by Crippen LogP contribution is 2.26. The second-order valence-corrected chi connectivity index (χ2v) is 9.92. The predicted octanol–water partition coefficient (Wildman–Crippen LogP) is 4.57. The Labute approximate surface area is 211 Å². The van der Waals surface area contributed by atoms with Gasteiger partial charge in [-0.1, -0.05) is 36.4 Å². The summed E-state index contributed by atoms with van der Waals surface area (Å²) in [4.78, 5) is 23.6. The number of aromatic nitrogens is 2. The molecule has 2 aromatic heterocycles. The number of imidazole rings is 1. The third-order valence-electron chi connectivity index (χ3n) is 6.54. The summed E-state index contributed by atoms with van der Waals surface area (Å²) < 4.78 is 2.02. The van der Waals surface area contributed by atoms with Gasteiger partial charge in [-0.2, -0.15) is 0 Å². The van der Waals surface area contributed by atoms with Gasteiger partial charge >= 0.3 is 0 Å². The van der Waals surface area contributed by atoms with E-state index in [0.29, 0.717) is 12.3 Å². The lowest BCUT2D eigenvalue weighted by molar-refractivity contribution is 0.0931. The molecule has 1 atom stereocenters. The predicted molar refractivity (Wildman–Crippen MR) is 143 cm³/mol. The van der Waals surface area contributed by atoms with Gasteiger partial charge in [-0.25, -0.2) is 4.98 Å². The van der Waals surface area contributed by atoms with Gasteiger partial charge in [0.05, 0.1) is 11.3 Å². The van der Waals surface area contributed by atoms with Gasteiger partial charge in [0.25, 0.3) is 5.91 Å². The first kappa shape index (κ1) is 23.5. The minimum Gasteiger partial charge on any atom is -0.369 e. The van der Waals surface area contributed by atoms with E-state index in [4.69, 9.17) is 0 Å². The number of anilines is 1. The molecule has 0 bridgehead atoms. The summed E-state index contributed by atoms with van der Waals surface area (Å²) in [6.45, 7) is 6.84. The first-order valence-electron chi connectivity index (χ1n) is 12.1. The van der Waals surface area contributed by atoms with E-state index in [1.54, 1.807) is 11.8 Å². The zero-order chi connectivity index (χ0) is 24.0. The van der Waals surface area contributed by atoms with E-state index in [1.165, 1.54) is 5.69 Å². The molecule has 0 saturated carbocycles. The molecule has 1 aliphatic heterocycles. The lowest BCUT2D eigenvalue weighted by Gasteiger charge is -2.39. The average molecular weight is 486 g/mol. The Hall–Kier alpha value is -3.29. The van der Waals surface area contributed by atoms with Crippen LogP contribution in [0.5, 0.6) is 0 Å². The number of thioether (sulfide) groups is 1. The van der Waals surface area contributed by atoms with Crippen LogP contribution in [0, 0.1) is 0 Å². The molecule has 4 aromatic rings. The van der Waals surface area contributed by atoms with Crippen molar-refractivity contribution in [2.75, 3.05) is 37.6 Å². The molecule has 6 nitrogen and oxygen atoms in total. The molecule has 2 aromatic carbocycles. The minimum atomic E-state index is -0.0159. The van der Waals surface area contributed by atoms with Crippen molar-refractivity contribution < 1.29 is 4.79 Å². The highest BCUT2D eigenvalue weighted by atomic mass is 32.2. The maximum absolute atomic E-state index is 13.1. The van der Waals surface area contributed by atoms with Crippen molar-refractivity contribution in [3.05, 3.63) is 96.4 Å². The van der Waals surface area contributed by atoms with Crippen LogP contribution in [-0.2, 0) is 5.75 Å². The van der Waals surface area contributed by atoms with Crippen molar-refractivity contribution in [2.45, 2.75) is 23.6 Å². The van der Waals surface area contributed by atoms with Crippen molar-refractivity contribution in [1.82, 2.24) is 19.6 Å². The van der Waals surface area contributed by atoms with Gasteiger partial charge in [-0.05, 0) is 43.3 Å². The molecule has 0 aliphatic carbocycles. The number of carbonyl (C=O) groups is 1. The first-order valence-corrected chi connectivity index (χ1v) is 13.1. The topological polar surface area (TPSA) is 52.9 Å². The number of nitrogens with zero attached hydrogens (tertiary/aromatic N) is 4. The largest absolute Gasteiger partial charge is 0.369 e. The van der Waals surface area contributed by atoms with Gasteiger partial charge in [-0.3, -0.25) is 9.69 Å². The van der Waals surface area contributed by atoms with E-state index < -0.39 is 0 Å². The van der Waals surface area contributed by atoms with E-state index in [2.05, 4.69) is 57.4 Å². The molecular formula is C28H31N5OS. The lowest BCUT2D eigenvalue weighted by Crippen LogP contribution is -2.52. The summed E-state index contributed by atoms with van der Waals surface area (Å²) in [5.41, 5.74) is 3.95. The molecule has 1 aliphatic rings. The molecule has 1 amide bonds. The summed E-state index contributed by atoms with van der Waals surface area (Å²) in [5, 5.41) is 3.17. The number of benzene rings is 2. The second kappa shape index (κ2) is 11.0. The average Bonchev–Trinajstić information content (AvgIpc) is 3.34. The molecule has 1 unspecified atom stereocenters. The Morgan fingerprint density at radius 3 is 2.51 bits per heavy atom. The van der Waals surface area contributed by atoms with E-state index in [0.717, 1.165) is 48.0 Å². The van der Waals surface area contributed by atoms with Crippen molar-refractivity contribution in [3.63, 3.8) is 0 Å².